The molecule has 0 saturated carbocycles. The maximum Gasteiger partial charge on any atom is 0.331 e. The van der Waals surface area contributed by atoms with Crippen LogP contribution in [0.1, 0.15) is 82.3 Å². The van der Waals surface area contributed by atoms with Crippen molar-refractivity contribution < 1.29 is 14.3 Å². The quantitative estimate of drug-likeness (QED) is 0.401. The Labute approximate surface area is 192 Å². The number of benzene rings is 1. The van der Waals surface area contributed by atoms with E-state index in [-0.39, 0.29) is 24.3 Å². The number of likely N-dealkylation sites (N-methyl/N-ethyl adjacent to an activating group) is 1. The Morgan fingerprint density at radius 2 is 1.91 bits per heavy atom. The lowest BCUT2D eigenvalue weighted by Gasteiger charge is -2.23. The molecule has 1 fully saturated rings. The van der Waals surface area contributed by atoms with Gasteiger partial charge in [0.2, 0.25) is 0 Å². The number of carbonyl (C=O) groups excluding carboxylic acids is 1. The third-order valence-electron chi connectivity index (χ3n) is 5.71. The smallest absolute Gasteiger partial charge is 0.331 e. The number of esters is 1. The highest BCUT2D eigenvalue weighted by molar-refractivity contribution is 5.87. The van der Waals surface area contributed by atoms with Gasteiger partial charge >= 0.3 is 5.97 Å². The van der Waals surface area contributed by atoms with E-state index in [2.05, 4.69) is 50.1 Å². The number of pyridine rings is 1. The van der Waals surface area contributed by atoms with Crippen LogP contribution in [0, 0.1) is 0 Å². The molecule has 0 bridgehead atoms. The fourth-order valence-corrected chi connectivity index (χ4v) is 3.92. The molecule has 2 heterocycles. The van der Waals surface area contributed by atoms with Crippen molar-refractivity contribution in [1.82, 2.24) is 9.88 Å². The Kier molecular flexibility index (Phi) is 7.86. The maximum absolute atomic E-state index is 12.3. The third kappa shape index (κ3) is 6.05. The van der Waals surface area contributed by atoms with Crippen LogP contribution in [0.2, 0.25) is 0 Å². The summed E-state index contributed by atoms with van der Waals surface area (Å²) in [5, 5.41) is 0. The maximum atomic E-state index is 12.3. The Hall–Kier alpha value is -2.50. The van der Waals surface area contributed by atoms with Crippen LogP contribution in [0.4, 0.5) is 0 Å². The highest BCUT2D eigenvalue weighted by atomic mass is 16.6. The van der Waals surface area contributed by atoms with Gasteiger partial charge in [0.05, 0.1) is 5.69 Å². The molecule has 0 spiro atoms. The molecule has 0 aliphatic carbocycles. The number of unbranched alkanes of at least 4 members (excludes halogenated alkanes) is 1. The number of ether oxygens (including phenoxy) is 2. The van der Waals surface area contributed by atoms with Crippen molar-refractivity contribution in [3.8, 4) is 0 Å². The second-order valence-electron chi connectivity index (χ2n) is 9.47. The van der Waals surface area contributed by atoms with Crippen LogP contribution in [0.25, 0.3) is 6.08 Å². The van der Waals surface area contributed by atoms with Gasteiger partial charge in [-0.1, -0.05) is 49.7 Å². The zero-order valence-corrected chi connectivity index (χ0v) is 20.2. The number of nitrogens with zero attached hydrogens (tertiary/aromatic N) is 2. The molecule has 1 aromatic heterocycles. The standard InChI is InChI=1S/C27H36N2O3/c1-7-8-14-21-15-16-22(23(28-21)17-18-24(30)32-27(3,4)5)26-29(6)19(2)25(31-26)20-12-10-9-11-13-20/h9-13,15-19,25-26H,7-8,14H2,1-6H3/b18-17+/t19-,25?,26?/m0/s1. The summed E-state index contributed by atoms with van der Waals surface area (Å²) >= 11 is 0. The van der Waals surface area contributed by atoms with Gasteiger partial charge in [-0.05, 0) is 65.3 Å². The van der Waals surface area contributed by atoms with Crippen LogP contribution in [0.5, 0.6) is 0 Å². The Bertz CT molecular complexity index is 934. The van der Waals surface area contributed by atoms with Crippen molar-refractivity contribution in [3.63, 3.8) is 0 Å². The summed E-state index contributed by atoms with van der Waals surface area (Å²) in [5.41, 5.74) is 3.36. The van der Waals surface area contributed by atoms with Gasteiger partial charge in [-0.15, -0.1) is 0 Å². The number of hydrogen-bond donors (Lipinski definition) is 0. The molecule has 5 nitrogen and oxygen atoms in total. The number of carbonyl (C=O) groups is 1. The number of aryl methyl sites for hydroxylation is 1. The molecule has 1 aliphatic rings. The normalized spacial score (nSPS) is 21.9. The van der Waals surface area contributed by atoms with Crippen LogP contribution in [0.15, 0.2) is 48.5 Å². The summed E-state index contributed by atoms with van der Waals surface area (Å²) in [6.45, 7) is 9.93. The minimum absolute atomic E-state index is 0.0337. The highest BCUT2D eigenvalue weighted by Crippen LogP contribution is 2.42. The van der Waals surface area contributed by atoms with E-state index in [1.807, 2.05) is 39.0 Å². The number of hydrogen-bond acceptors (Lipinski definition) is 5. The second kappa shape index (κ2) is 10.4. The lowest BCUT2D eigenvalue weighted by Crippen LogP contribution is -2.27. The summed E-state index contributed by atoms with van der Waals surface area (Å²) in [7, 11) is 2.07. The van der Waals surface area contributed by atoms with E-state index in [0.29, 0.717) is 0 Å². The first-order chi connectivity index (χ1) is 15.2. The SMILES string of the molecule is CCCCc1ccc(C2OC(c3ccccc3)[C@H](C)N2C)c(/C=C/C(=O)OC(C)(C)C)n1. The Morgan fingerprint density at radius 1 is 1.19 bits per heavy atom. The molecule has 0 amide bonds. The van der Waals surface area contributed by atoms with E-state index >= 15 is 0 Å². The molecule has 3 rings (SSSR count). The molecule has 1 saturated heterocycles. The van der Waals surface area contributed by atoms with Crippen LogP contribution in [-0.2, 0) is 20.7 Å². The van der Waals surface area contributed by atoms with Crippen molar-refractivity contribution in [2.75, 3.05) is 7.05 Å². The lowest BCUT2D eigenvalue weighted by molar-refractivity contribution is -0.148. The first-order valence-electron chi connectivity index (χ1n) is 11.5. The van der Waals surface area contributed by atoms with Crippen molar-refractivity contribution >= 4 is 12.0 Å². The van der Waals surface area contributed by atoms with E-state index in [4.69, 9.17) is 14.5 Å². The molecule has 1 aliphatic heterocycles. The minimum atomic E-state index is -0.534. The van der Waals surface area contributed by atoms with Crippen LogP contribution < -0.4 is 0 Å². The Morgan fingerprint density at radius 3 is 2.56 bits per heavy atom. The third-order valence-corrected chi connectivity index (χ3v) is 5.71. The van der Waals surface area contributed by atoms with E-state index in [9.17, 15) is 4.79 Å². The van der Waals surface area contributed by atoms with Gasteiger partial charge in [-0.2, -0.15) is 0 Å². The molecule has 5 heteroatoms. The molecule has 0 radical (unpaired) electrons. The first kappa shape index (κ1) is 24.1. The average Bonchev–Trinajstić information content (AvgIpc) is 3.05. The zero-order chi connectivity index (χ0) is 23.3. The summed E-state index contributed by atoms with van der Waals surface area (Å²) < 4.78 is 12.0. The van der Waals surface area contributed by atoms with E-state index < -0.39 is 5.60 Å². The summed E-state index contributed by atoms with van der Waals surface area (Å²) in [4.78, 5) is 19.4. The topological polar surface area (TPSA) is 51.7 Å². The van der Waals surface area contributed by atoms with E-state index in [1.54, 1.807) is 6.08 Å². The lowest BCUT2D eigenvalue weighted by atomic mass is 10.0. The predicted molar refractivity (Wildman–Crippen MR) is 128 cm³/mol. The predicted octanol–water partition coefficient (Wildman–Crippen LogP) is 5.87. The monoisotopic (exact) mass is 436 g/mol. The van der Waals surface area contributed by atoms with Crippen molar-refractivity contribution in [2.45, 2.75) is 77.9 Å². The van der Waals surface area contributed by atoms with Gasteiger partial charge < -0.3 is 9.47 Å². The fraction of sp³-hybridized carbons (Fsp3) is 0.481. The van der Waals surface area contributed by atoms with Gasteiger partial charge in [-0.25, -0.2) is 4.79 Å². The highest BCUT2D eigenvalue weighted by Gasteiger charge is 2.39. The fourth-order valence-electron chi connectivity index (χ4n) is 3.92. The average molecular weight is 437 g/mol. The molecule has 2 aromatic rings. The summed E-state index contributed by atoms with van der Waals surface area (Å²) in [5.74, 6) is -0.375. The molecule has 172 valence electrons. The van der Waals surface area contributed by atoms with Crippen LogP contribution in [0.3, 0.4) is 0 Å². The van der Waals surface area contributed by atoms with Crippen molar-refractivity contribution in [1.29, 1.82) is 0 Å². The molecule has 32 heavy (non-hydrogen) atoms. The first-order valence-corrected chi connectivity index (χ1v) is 11.5. The molecule has 1 aromatic carbocycles. The molecule has 3 atom stereocenters. The minimum Gasteiger partial charge on any atom is -0.457 e. The molecular weight excluding hydrogens is 400 g/mol. The van der Waals surface area contributed by atoms with E-state index in [0.717, 1.165) is 41.8 Å². The van der Waals surface area contributed by atoms with Gasteiger partial charge in [0, 0.05) is 23.4 Å². The van der Waals surface area contributed by atoms with Gasteiger partial charge in [-0.3, -0.25) is 9.88 Å². The van der Waals surface area contributed by atoms with Gasteiger partial charge in [0.15, 0.2) is 0 Å². The number of rotatable bonds is 7. The largest absolute Gasteiger partial charge is 0.457 e. The van der Waals surface area contributed by atoms with Crippen LogP contribution in [-0.4, -0.2) is 34.5 Å². The van der Waals surface area contributed by atoms with Gasteiger partial charge in [0.1, 0.15) is 17.9 Å². The molecule has 2 unspecified atom stereocenters. The molecular formula is C27H36N2O3. The van der Waals surface area contributed by atoms with E-state index in [1.165, 1.54) is 6.08 Å². The molecule has 0 N–H and O–H groups in total. The van der Waals surface area contributed by atoms with Crippen molar-refractivity contribution in [2.24, 2.45) is 0 Å². The van der Waals surface area contributed by atoms with Crippen molar-refractivity contribution in [3.05, 3.63) is 71.1 Å². The second-order valence-corrected chi connectivity index (χ2v) is 9.47. The number of aromatic nitrogens is 1. The Balaban J connectivity index is 1.91. The van der Waals surface area contributed by atoms with Crippen LogP contribution >= 0.6 is 0 Å². The zero-order valence-electron chi connectivity index (χ0n) is 20.2. The van der Waals surface area contributed by atoms with Gasteiger partial charge in [0.25, 0.3) is 0 Å². The summed E-state index contributed by atoms with van der Waals surface area (Å²) in [6, 6.07) is 14.7. The summed E-state index contributed by atoms with van der Waals surface area (Å²) in [6.07, 6.45) is 6.04.